The van der Waals surface area contributed by atoms with Gasteiger partial charge in [-0.05, 0) is 47.7 Å². The van der Waals surface area contributed by atoms with Gasteiger partial charge in [0.25, 0.3) is 5.91 Å². The van der Waals surface area contributed by atoms with Crippen LogP contribution in [0.25, 0.3) is 0 Å². The van der Waals surface area contributed by atoms with Gasteiger partial charge in [-0.25, -0.2) is 9.37 Å². The molecule has 0 aliphatic carbocycles. The number of nitrogens with zero attached hydrogens (tertiary/aromatic N) is 1. The second-order valence-electron chi connectivity index (χ2n) is 7.33. The monoisotopic (exact) mass is 408 g/mol. The molecule has 156 valence electrons. The number of pyridine rings is 1. The fraction of sp³-hybridized carbons (Fsp3) is 0.250. The first-order valence-electron chi connectivity index (χ1n) is 9.79. The molecular weight excluding hydrogens is 383 g/mol. The lowest BCUT2D eigenvalue weighted by molar-refractivity contribution is -0.123. The Bertz CT molecular complexity index is 1000. The van der Waals surface area contributed by atoms with Gasteiger partial charge in [0.1, 0.15) is 17.3 Å². The Kier molecular flexibility index (Phi) is 7.01. The summed E-state index contributed by atoms with van der Waals surface area (Å²) in [6.45, 7) is 6.43. The summed E-state index contributed by atoms with van der Waals surface area (Å²) in [4.78, 5) is 16.4. The number of hydrogen-bond donors (Lipinski definition) is 1. The van der Waals surface area contributed by atoms with Crippen LogP contribution in [0.4, 0.5) is 4.39 Å². The number of aromatic nitrogens is 1. The molecule has 3 rings (SSSR count). The fourth-order valence-corrected chi connectivity index (χ4v) is 2.87. The van der Waals surface area contributed by atoms with E-state index in [0.717, 1.165) is 22.4 Å². The minimum atomic E-state index is -0.375. The maximum atomic E-state index is 13.2. The molecule has 0 atom stereocenters. The van der Waals surface area contributed by atoms with Gasteiger partial charge in [-0.15, -0.1) is 0 Å². The van der Waals surface area contributed by atoms with E-state index in [1.54, 1.807) is 30.5 Å². The Balaban J connectivity index is 1.50. The second kappa shape index (κ2) is 9.87. The third-order valence-electron chi connectivity index (χ3n) is 4.46. The number of ether oxygens (including phenoxy) is 2. The van der Waals surface area contributed by atoms with Crippen molar-refractivity contribution in [2.45, 2.75) is 33.2 Å². The molecule has 1 N–H and O–H groups in total. The zero-order chi connectivity index (χ0) is 21.5. The zero-order valence-electron chi connectivity index (χ0n) is 17.3. The molecule has 30 heavy (non-hydrogen) atoms. The maximum absolute atomic E-state index is 13.2. The van der Waals surface area contributed by atoms with Crippen LogP contribution in [0.5, 0.6) is 17.4 Å². The number of nitrogens with one attached hydrogen (secondary N) is 1. The summed E-state index contributed by atoms with van der Waals surface area (Å²) in [6, 6.07) is 15.3. The first kappa shape index (κ1) is 21.3. The molecule has 1 amide bonds. The average Bonchev–Trinajstić information content (AvgIpc) is 2.71. The van der Waals surface area contributed by atoms with E-state index in [1.807, 2.05) is 25.1 Å². The summed E-state index contributed by atoms with van der Waals surface area (Å²) in [5, 5.41) is 2.81. The van der Waals surface area contributed by atoms with Crippen LogP contribution in [0.1, 0.15) is 36.5 Å². The number of amides is 1. The molecule has 0 fully saturated rings. The van der Waals surface area contributed by atoms with Gasteiger partial charge in [-0.1, -0.05) is 38.1 Å². The predicted octanol–water partition coefficient (Wildman–Crippen LogP) is 5.14. The lowest BCUT2D eigenvalue weighted by atomic mass is 10.0. The Morgan fingerprint density at radius 1 is 1.13 bits per heavy atom. The molecular formula is C24H25FN2O3. The molecule has 0 aliphatic heterocycles. The van der Waals surface area contributed by atoms with E-state index in [9.17, 15) is 9.18 Å². The molecule has 0 saturated carbocycles. The molecule has 1 heterocycles. The topological polar surface area (TPSA) is 60.5 Å². The minimum absolute atomic E-state index is 0.0582. The molecule has 0 aliphatic rings. The van der Waals surface area contributed by atoms with Crippen LogP contribution in [-0.4, -0.2) is 17.5 Å². The summed E-state index contributed by atoms with van der Waals surface area (Å²) in [7, 11) is 0. The first-order chi connectivity index (χ1) is 14.4. The van der Waals surface area contributed by atoms with Crippen LogP contribution < -0.4 is 14.8 Å². The fourth-order valence-electron chi connectivity index (χ4n) is 2.87. The number of aryl methyl sites for hydroxylation is 1. The van der Waals surface area contributed by atoms with Crippen molar-refractivity contribution in [2.24, 2.45) is 0 Å². The molecule has 1 aromatic heterocycles. The molecule has 3 aromatic rings. The highest BCUT2D eigenvalue weighted by Gasteiger charge is 2.10. The van der Waals surface area contributed by atoms with Gasteiger partial charge in [-0.3, -0.25) is 4.79 Å². The summed E-state index contributed by atoms with van der Waals surface area (Å²) in [6.07, 6.45) is 1.60. The van der Waals surface area contributed by atoms with Gasteiger partial charge in [0.2, 0.25) is 5.88 Å². The first-order valence-corrected chi connectivity index (χ1v) is 9.79. The number of benzene rings is 2. The maximum Gasteiger partial charge on any atom is 0.258 e. The minimum Gasteiger partial charge on any atom is -0.483 e. The highest BCUT2D eigenvalue weighted by atomic mass is 19.1. The van der Waals surface area contributed by atoms with E-state index in [2.05, 4.69) is 24.1 Å². The lowest BCUT2D eigenvalue weighted by Gasteiger charge is -2.15. The SMILES string of the molecule is Cc1ccc(C(C)C)c(OCC(=O)NCc2ccc(Oc3cccc(F)c3)nc2)c1. The summed E-state index contributed by atoms with van der Waals surface area (Å²) in [5.41, 5.74) is 2.97. The largest absolute Gasteiger partial charge is 0.483 e. The van der Waals surface area contributed by atoms with Gasteiger partial charge in [0.05, 0.1) is 0 Å². The highest BCUT2D eigenvalue weighted by molar-refractivity contribution is 5.77. The highest BCUT2D eigenvalue weighted by Crippen LogP contribution is 2.27. The van der Waals surface area contributed by atoms with Crippen molar-refractivity contribution in [3.63, 3.8) is 0 Å². The van der Waals surface area contributed by atoms with Crippen molar-refractivity contribution in [1.29, 1.82) is 0 Å². The predicted molar refractivity (Wildman–Crippen MR) is 113 cm³/mol. The molecule has 6 heteroatoms. The van der Waals surface area contributed by atoms with Gasteiger partial charge in [0, 0.05) is 24.9 Å². The van der Waals surface area contributed by atoms with Crippen LogP contribution in [0.3, 0.4) is 0 Å². The van der Waals surface area contributed by atoms with Gasteiger partial charge < -0.3 is 14.8 Å². The Labute approximate surface area is 175 Å². The van der Waals surface area contributed by atoms with Crippen LogP contribution >= 0.6 is 0 Å². The van der Waals surface area contributed by atoms with Crippen molar-refractivity contribution in [3.05, 3.63) is 83.3 Å². The lowest BCUT2D eigenvalue weighted by Crippen LogP contribution is -2.28. The number of halogens is 1. The standard InChI is InChI=1S/C24H25FN2O3/c1-16(2)21-9-7-17(3)11-22(21)29-15-23(28)26-13-18-8-10-24(27-14-18)30-20-6-4-5-19(25)12-20/h4-12,14,16H,13,15H2,1-3H3,(H,26,28). The number of rotatable bonds is 8. The van der Waals surface area contributed by atoms with Gasteiger partial charge >= 0.3 is 0 Å². The van der Waals surface area contributed by atoms with E-state index in [4.69, 9.17) is 9.47 Å². The van der Waals surface area contributed by atoms with Crippen LogP contribution in [-0.2, 0) is 11.3 Å². The molecule has 0 spiro atoms. The molecule has 5 nitrogen and oxygen atoms in total. The zero-order valence-corrected chi connectivity index (χ0v) is 17.3. The van der Waals surface area contributed by atoms with Crippen molar-refractivity contribution in [1.82, 2.24) is 10.3 Å². The van der Waals surface area contributed by atoms with Gasteiger partial charge in [0.15, 0.2) is 6.61 Å². The molecule has 0 saturated heterocycles. The van der Waals surface area contributed by atoms with Crippen molar-refractivity contribution >= 4 is 5.91 Å². The van der Waals surface area contributed by atoms with E-state index >= 15 is 0 Å². The van der Waals surface area contributed by atoms with E-state index in [1.165, 1.54) is 12.1 Å². The third-order valence-corrected chi connectivity index (χ3v) is 4.46. The van der Waals surface area contributed by atoms with Crippen molar-refractivity contribution in [3.8, 4) is 17.4 Å². The average molecular weight is 408 g/mol. The molecule has 0 unspecified atom stereocenters. The van der Waals surface area contributed by atoms with Crippen LogP contribution in [0.15, 0.2) is 60.8 Å². The molecule has 0 bridgehead atoms. The quantitative estimate of drug-likeness (QED) is 0.561. The number of hydrogen-bond acceptors (Lipinski definition) is 4. The summed E-state index contributed by atoms with van der Waals surface area (Å²) < 4.78 is 24.5. The Morgan fingerprint density at radius 2 is 1.97 bits per heavy atom. The van der Waals surface area contributed by atoms with E-state index in [-0.39, 0.29) is 18.3 Å². The van der Waals surface area contributed by atoms with Crippen molar-refractivity contribution < 1.29 is 18.7 Å². The van der Waals surface area contributed by atoms with Crippen molar-refractivity contribution in [2.75, 3.05) is 6.61 Å². The summed E-state index contributed by atoms with van der Waals surface area (Å²) in [5.74, 6) is 1.17. The third kappa shape index (κ3) is 6.04. The van der Waals surface area contributed by atoms with E-state index < -0.39 is 0 Å². The number of carbonyl (C=O) groups is 1. The summed E-state index contributed by atoms with van der Waals surface area (Å²) >= 11 is 0. The van der Waals surface area contributed by atoms with E-state index in [0.29, 0.717) is 24.1 Å². The molecule has 2 aromatic carbocycles. The number of carbonyl (C=O) groups excluding carboxylic acids is 1. The normalized spacial score (nSPS) is 10.7. The van der Waals surface area contributed by atoms with Gasteiger partial charge in [-0.2, -0.15) is 0 Å². The second-order valence-corrected chi connectivity index (χ2v) is 7.33. The van der Waals surface area contributed by atoms with Crippen LogP contribution in [0, 0.1) is 12.7 Å². The van der Waals surface area contributed by atoms with Crippen LogP contribution in [0.2, 0.25) is 0 Å². The Morgan fingerprint density at radius 3 is 2.67 bits per heavy atom. The smallest absolute Gasteiger partial charge is 0.258 e. The Hall–Kier alpha value is -3.41. The molecule has 0 radical (unpaired) electrons.